The van der Waals surface area contributed by atoms with Gasteiger partial charge in [-0.25, -0.2) is 4.98 Å². The van der Waals surface area contributed by atoms with Crippen molar-refractivity contribution in [1.82, 2.24) is 20.0 Å². The van der Waals surface area contributed by atoms with E-state index >= 15 is 0 Å². The zero-order valence-electron chi connectivity index (χ0n) is 13.9. The first-order valence-corrected chi connectivity index (χ1v) is 8.24. The number of guanidine groups is 1. The minimum absolute atomic E-state index is 0. The number of hydrogen-bond donors (Lipinski definition) is 2. The van der Waals surface area contributed by atoms with E-state index in [9.17, 15) is 0 Å². The summed E-state index contributed by atoms with van der Waals surface area (Å²) in [7, 11) is 1.76. The number of fused-ring (bicyclic) bond motifs is 1. The average Bonchev–Trinajstić information content (AvgIpc) is 3.02. The highest BCUT2D eigenvalue weighted by Gasteiger charge is 2.03. The summed E-state index contributed by atoms with van der Waals surface area (Å²) in [6.07, 6.45) is 4.88. The molecule has 0 unspecified atom stereocenters. The number of imidazole rings is 1. The van der Waals surface area contributed by atoms with E-state index in [0.29, 0.717) is 6.54 Å². The summed E-state index contributed by atoms with van der Waals surface area (Å²) in [5.74, 6) is 0.749. The van der Waals surface area contributed by atoms with Gasteiger partial charge in [-0.15, -0.1) is 24.0 Å². The number of benzene rings is 1. The highest BCUT2D eigenvalue weighted by Crippen LogP contribution is 2.14. The van der Waals surface area contributed by atoms with Crippen LogP contribution in [0, 0.1) is 0 Å². The molecular weight excluding hydrogens is 449 g/mol. The molecule has 3 aromatic rings. The van der Waals surface area contributed by atoms with Gasteiger partial charge in [-0.05, 0) is 23.8 Å². The van der Waals surface area contributed by atoms with Crippen molar-refractivity contribution in [1.29, 1.82) is 0 Å². The number of rotatable bonds is 5. The first-order chi connectivity index (χ1) is 11.8. The summed E-state index contributed by atoms with van der Waals surface area (Å²) in [5.41, 5.74) is 3.06. The fraction of sp³-hybridized carbons (Fsp3) is 0.222. The van der Waals surface area contributed by atoms with Gasteiger partial charge in [-0.2, -0.15) is 0 Å². The van der Waals surface area contributed by atoms with Gasteiger partial charge in [0.05, 0.1) is 5.69 Å². The number of nitrogens with zero attached hydrogens (tertiary/aromatic N) is 3. The molecule has 0 radical (unpaired) electrons. The lowest BCUT2D eigenvalue weighted by atomic mass is 10.2. The molecule has 0 fully saturated rings. The van der Waals surface area contributed by atoms with Crippen LogP contribution in [0.3, 0.4) is 0 Å². The van der Waals surface area contributed by atoms with Crippen LogP contribution in [0.2, 0.25) is 5.02 Å². The van der Waals surface area contributed by atoms with Crippen molar-refractivity contribution in [2.24, 2.45) is 4.99 Å². The molecule has 0 aliphatic carbocycles. The summed E-state index contributed by atoms with van der Waals surface area (Å²) in [5, 5.41) is 7.32. The zero-order chi connectivity index (χ0) is 16.8. The molecule has 0 atom stereocenters. The van der Waals surface area contributed by atoms with Gasteiger partial charge in [-0.3, -0.25) is 4.99 Å². The van der Waals surface area contributed by atoms with Gasteiger partial charge < -0.3 is 15.0 Å². The van der Waals surface area contributed by atoms with Gasteiger partial charge in [-0.1, -0.05) is 35.9 Å². The Morgan fingerprint density at radius 3 is 2.72 bits per heavy atom. The predicted octanol–water partition coefficient (Wildman–Crippen LogP) is 3.51. The van der Waals surface area contributed by atoms with E-state index in [4.69, 9.17) is 11.6 Å². The number of hydrogen-bond acceptors (Lipinski definition) is 2. The molecular formula is C18H21ClIN5. The van der Waals surface area contributed by atoms with Crippen LogP contribution in [0.5, 0.6) is 0 Å². The van der Waals surface area contributed by atoms with E-state index < -0.39 is 0 Å². The molecule has 7 heteroatoms. The Morgan fingerprint density at radius 2 is 1.96 bits per heavy atom. The molecule has 0 aliphatic heterocycles. The zero-order valence-corrected chi connectivity index (χ0v) is 17.0. The van der Waals surface area contributed by atoms with Crippen LogP contribution in [0.25, 0.3) is 5.65 Å². The van der Waals surface area contributed by atoms with E-state index in [0.717, 1.165) is 40.9 Å². The maximum Gasteiger partial charge on any atom is 0.191 e. The lowest BCUT2D eigenvalue weighted by Crippen LogP contribution is -2.37. The van der Waals surface area contributed by atoms with Crippen molar-refractivity contribution in [3.05, 3.63) is 71.1 Å². The van der Waals surface area contributed by atoms with Crippen molar-refractivity contribution in [2.75, 3.05) is 13.6 Å². The SMILES string of the molecule is CN=C(NCCc1cn2ccccc2n1)NCc1ccccc1Cl.I. The number of aromatic nitrogens is 2. The van der Waals surface area contributed by atoms with Crippen LogP contribution >= 0.6 is 35.6 Å². The molecule has 1 aromatic carbocycles. The third-order valence-corrected chi connectivity index (χ3v) is 4.08. The average molecular weight is 470 g/mol. The Bertz CT molecular complexity index is 813. The largest absolute Gasteiger partial charge is 0.356 e. The summed E-state index contributed by atoms with van der Waals surface area (Å²) in [6.45, 7) is 1.39. The number of aliphatic imine (C=N–C) groups is 1. The molecule has 2 aromatic heterocycles. The van der Waals surface area contributed by atoms with Gasteiger partial charge in [0.25, 0.3) is 0 Å². The summed E-state index contributed by atoms with van der Waals surface area (Å²) < 4.78 is 2.03. The predicted molar refractivity (Wildman–Crippen MR) is 114 cm³/mol. The normalized spacial score (nSPS) is 11.2. The second-order valence-electron chi connectivity index (χ2n) is 5.39. The standard InChI is InChI=1S/C18H20ClN5.HI/c1-20-18(22-12-14-6-2-3-7-16(14)19)21-10-9-15-13-24-11-5-4-8-17(24)23-15;/h2-8,11,13H,9-10,12H2,1H3,(H2,20,21,22);1H. The van der Waals surface area contributed by atoms with Gasteiger partial charge in [0.2, 0.25) is 0 Å². The molecule has 2 N–H and O–H groups in total. The highest BCUT2D eigenvalue weighted by molar-refractivity contribution is 14.0. The molecule has 132 valence electrons. The topological polar surface area (TPSA) is 53.7 Å². The first kappa shape index (κ1) is 19.5. The summed E-state index contributed by atoms with van der Waals surface area (Å²) in [4.78, 5) is 8.82. The summed E-state index contributed by atoms with van der Waals surface area (Å²) >= 11 is 6.16. The molecule has 0 spiro atoms. The minimum Gasteiger partial charge on any atom is -0.356 e. The Morgan fingerprint density at radius 1 is 1.16 bits per heavy atom. The first-order valence-electron chi connectivity index (χ1n) is 7.87. The summed E-state index contributed by atoms with van der Waals surface area (Å²) in [6, 6.07) is 13.8. The van der Waals surface area contributed by atoms with Crippen LogP contribution < -0.4 is 10.6 Å². The second kappa shape index (κ2) is 9.62. The number of halogens is 2. The van der Waals surface area contributed by atoms with Gasteiger partial charge in [0, 0.05) is 44.0 Å². The molecule has 25 heavy (non-hydrogen) atoms. The van der Waals surface area contributed by atoms with Crippen molar-refractivity contribution >= 4 is 47.2 Å². The Labute approximate surface area is 169 Å². The quantitative estimate of drug-likeness (QED) is 0.342. The highest BCUT2D eigenvalue weighted by atomic mass is 127. The Kier molecular flexibility index (Phi) is 7.52. The maximum absolute atomic E-state index is 6.16. The maximum atomic E-state index is 6.16. The Balaban J connectivity index is 0.00000225. The molecule has 5 nitrogen and oxygen atoms in total. The van der Waals surface area contributed by atoms with Gasteiger partial charge in [0.1, 0.15) is 5.65 Å². The number of pyridine rings is 1. The molecule has 0 aliphatic rings. The third-order valence-electron chi connectivity index (χ3n) is 3.72. The minimum atomic E-state index is 0. The smallest absolute Gasteiger partial charge is 0.191 e. The molecule has 0 bridgehead atoms. The van der Waals surface area contributed by atoms with Crippen molar-refractivity contribution in [3.63, 3.8) is 0 Å². The lowest BCUT2D eigenvalue weighted by molar-refractivity contribution is 0.787. The van der Waals surface area contributed by atoms with Gasteiger partial charge >= 0.3 is 0 Å². The molecule has 0 saturated carbocycles. The van der Waals surface area contributed by atoms with Gasteiger partial charge in [0.15, 0.2) is 5.96 Å². The second-order valence-corrected chi connectivity index (χ2v) is 5.80. The van der Waals surface area contributed by atoms with Crippen LogP contribution in [-0.2, 0) is 13.0 Å². The van der Waals surface area contributed by atoms with Crippen LogP contribution in [0.1, 0.15) is 11.3 Å². The van der Waals surface area contributed by atoms with Crippen molar-refractivity contribution in [2.45, 2.75) is 13.0 Å². The van der Waals surface area contributed by atoms with E-state index in [1.54, 1.807) is 7.05 Å². The molecule has 3 rings (SSSR count). The molecule has 2 heterocycles. The molecule has 0 saturated heterocycles. The lowest BCUT2D eigenvalue weighted by Gasteiger charge is -2.12. The van der Waals surface area contributed by atoms with Crippen molar-refractivity contribution in [3.8, 4) is 0 Å². The van der Waals surface area contributed by atoms with Crippen LogP contribution in [-0.4, -0.2) is 28.9 Å². The monoisotopic (exact) mass is 469 g/mol. The van der Waals surface area contributed by atoms with Crippen molar-refractivity contribution < 1.29 is 0 Å². The fourth-order valence-corrected chi connectivity index (χ4v) is 2.66. The van der Waals surface area contributed by atoms with E-state index in [1.807, 2.05) is 53.1 Å². The van der Waals surface area contributed by atoms with E-state index in [1.165, 1.54) is 0 Å². The van der Waals surface area contributed by atoms with Crippen LogP contribution in [0.4, 0.5) is 0 Å². The molecule has 0 amide bonds. The van der Waals surface area contributed by atoms with E-state index in [2.05, 4.69) is 26.8 Å². The number of nitrogens with one attached hydrogen (secondary N) is 2. The third kappa shape index (κ3) is 5.34. The fourth-order valence-electron chi connectivity index (χ4n) is 2.46. The van der Waals surface area contributed by atoms with E-state index in [-0.39, 0.29) is 24.0 Å². The van der Waals surface area contributed by atoms with Crippen LogP contribution in [0.15, 0.2) is 59.9 Å². The Hall–Kier alpha value is -1.80.